The summed E-state index contributed by atoms with van der Waals surface area (Å²) in [7, 11) is 0. The van der Waals surface area contributed by atoms with Crippen LogP contribution < -0.4 is 5.43 Å². The summed E-state index contributed by atoms with van der Waals surface area (Å²) in [6, 6.07) is 1.47. The summed E-state index contributed by atoms with van der Waals surface area (Å²) in [5.74, 6) is 0.137. The monoisotopic (exact) mass is 370 g/mol. The Bertz CT molecular complexity index is 923. The zero-order chi connectivity index (χ0) is 19.1. The second kappa shape index (κ2) is 6.79. The number of pyridine rings is 1. The van der Waals surface area contributed by atoms with Gasteiger partial charge in [0, 0.05) is 41.5 Å². The van der Waals surface area contributed by atoms with Crippen LogP contribution in [0.3, 0.4) is 0 Å². The Kier molecular flexibility index (Phi) is 4.45. The first kappa shape index (κ1) is 17.7. The van der Waals surface area contributed by atoms with E-state index in [1.807, 2.05) is 17.6 Å². The van der Waals surface area contributed by atoms with E-state index >= 15 is 0 Å². The number of hydrogen-bond acceptors (Lipinski definition) is 5. The molecule has 1 aromatic heterocycles. The maximum atomic E-state index is 12.3. The maximum absolute atomic E-state index is 12.3. The summed E-state index contributed by atoms with van der Waals surface area (Å²) in [5.41, 5.74) is 1.15. The molecule has 7 heteroatoms. The molecule has 27 heavy (non-hydrogen) atoms. The van der Waals surface area contributed by atoms with Crippen LogP contribution in [0.1, 0.15) is 67.0 Å². The largest absolute Gasteiger partial charge is 0.508 e. The Labute approximate surface area is 156 Å². The normalized spacial score (nSPS) is 24.0. The van der Waals surface area contributed by atoms with Crippen molar-refractivity contribution in [3.8, 4) is 0 Å². The standard InChI is InChI=1S/C20H22N2O5/c1-2-13-5-12-6-19(27-10-11-3-4-11)18(24)7-14(12)16-8-17(23)15(9-22(13)16)20(25)21-26/h6,8-9,11,13-14,24H,2-5,7,10H2,1H3. The van der Waals surface area contributed by atoms with Crippen molar-refractivity contribution in [2.75, 3.05) is 6.61 Å². The van der Waals surface area contributed by atoms with E-state index in [9.17, 15) is 19.6 Å². The summed E-state index contributed by atoms with van der Waals surface area (Å²) in [4.78, 5) is 34.6. The lowest BCUT2D eigenvalue weighted by Crippen LogP contribution is -2.30. The van der Waals surface area contributed by atoms with Crippen molar-refractivity contribution in [2.24, 2.45) is 11.1 Å². The molecular weight excluding hydrogens is 348 g/mol. The molecular formula is C20H22N2O5. The van der Waals surface area contributed by atoms with E-state index in [-0.39, 0.29) is 23.3 Å². The van der Waals surface area contributed by atoms with E-state index in [1.165, 1.54) is 25.1 Å². The van der Waals surface area contributed by atoms with Crippen molar-refractivity contribution >= 4 is 5.91 Å². The van der Waals surface area contributed by atoms with Gasteiger partial charge in [-0.3, -0.25) is 9.59 Å². The number of ether oxygens (including phenoxy) is 1. The van der Waals surface area contributed by atoms with Crippen LogP contribution in [-0.2, 0) is 4.74 Å². The minimum Gasteiger partial charge on any atom is -0.508 e. The van der Waals surface area contributed by atoms with Crippen LogP contribution in [0.4, 0.5) is 0 Å². The fourth-order valence-electron chi connectivity index (χ4n) is 3.97. The first-order valence-corrected chi connectivity index (χ1v) is 9.41. The number of carbonyl (C=O) groups excluding carboxylic acids is 1. The lowest BCUT2D eigenvalue weighted by atomic mass is 9.79. The number of fused-ring (bicyclic) bond motifs is 3. The number of nitrogens with zero attached hydrogens (tertiary/aromatic N) is 2. The van der Waals surface area contributed by atoms with Gasteiger partial charge >= 0.3 is 5.91 Å². The summed E-state index contributed by atoms with van der Waals surface area (Å²) in [5, 5.41) is 12.8. The number of amides is 1. The van der Waals surface area contributed by atoms with Gasteiger partial charge in [0.1, 0.15) is 11.3 Å². The zero-order valence-corrected chi connectivity index (χ0v) is 15.2. The van der Waals surface area contributed by atoms with E-state index in [1.54, 1.807) is 0 Å². The Morgan fingerprint density at radius 1 is 1.37 bits per heavy atom. The predicted octanol–water partition coefficient (Wildman–Crippen LogP) is 3.72. The van der Waals surface area contributed by atoms with Gasteiger partial charge in [0.15, 0.2) is 11.2 Å². The quantitative estimate of drug-likeness (QED) is 0.797. The van der Waals surface area contributed by atoms with Crippen molar-refractivity contribution in [1.29, 1.82) is 0 Å². The average Bonchev–Trinajstić information content (AvgIpc) is 3.49. The fourth-order valence-corrected chi connectivity index (χ4v) is 3.97. The van der Waals surface area contributed by atoms with Crippen LogP contribution in [0.25, 0.3) is 0 Å². The molecule has 4 rings (SSSR count). The molecule has 2 unspecified atom stereocenters. The molecule has 0 aromatic carbocycles. The Morgan fingerprint density at radius 2 is 2.15 bits per heavy atom. The second-order valence-corrected chi connectivity index (χ2v) is 7.59. The molecule has 0 bridgehead atoms. The van der Waals surface area contributed by atoms with E-state index < -0.39 is 11.3 Å². The lowest BCUT2D eigenvalue weighted by Gasteiger charge is -2.37. The van der Waals surface area contributed by atoms with Crippen molar-refractivity contribution in [3.63, 3.8) is 0 Å². The molecule has 2 atom stereocenters. The highest BCUT2D eigenvalue weighted by Crippen LogP contribution is 2.45. The van der Waals surface area contributed by atoms with E-state index in [0.717, 1.165) is 24.1 Å². The topological polar surface area (TPSA) is 98.0 Å². The summed E-state index contributed by atoms with van der Waals surface area (Å²) >= 11 is 0. The SMILES string of the molecule is CCC1CC2=CC(OCC3CC3)=C(O)CC2c2cc(=O)c(C(=O)N=O)cn21. The maximum Gasteiger partial charge on any atom is 0.322 e. The molecule has 2 aliphatic carbocycles. The molecule has 0 saturated heterocycles. The molecule has 1 aliphatic heterocycles. The molecule has 0 spiro atoms. The van der Waals surface area contributed by atoms with Crippen molar-refractivity contribution in [1.82, 2.24) is 4.57 Å². The Morgan fingerprint density at radius 3 is 2.81 bits per heavy atom. The van der Waals surface area contributed by atoms with Crippen molar-refractivity contribution in [3.05, 3.63) is 61.8 Å². The van der Waals surface area contributed by atoms with Gasteiger partial charge in [0.05, 0.1) is 6.61 Å². The highest BCUT2D eigenvalue weighted by atomic mass is 16.5. The average molecular weight is 370 g/mol. The molecule has 1 fully saturated rings. The third-order valence-electron chi connectivity index (χ3n) is 5.73. The lowest BCUT2D eigenvalue weighted by molar-refractivity contribution is 0.0998. The number of carbonyl (C=O) groups is 1. The molecule has 3 aliphatic rings. The highest BCUT2D eigenvalue weighted by molar-refractivity contribution is 5.94. The molecule has 7 nitrogen and oxygen atoms in total. The summed E-state index contributed by atoms with van der Waals surface area (Å²) < 4.78 is 7.70. The summed E-state index contributed by atoms with van der Waals surface area (Å²) in [6.07, 6.45) is 7.62. The number of hydrogen-bond donors (Lipinski definition) is 1. The highest BCUT2D eigenvalue weighted by Gasteiger charge is 2.35. The van der Waals surface area contributed by atoms with Gasteiger partial charge in [-0.15, -0.1) is 4.91 Å². The number of aliphatic hydroxyl groups is 1. The number of nitroso groups, excluding NO2 is 1. The van der Waals surface area contributed by atoms with Gasteiger partial charge in [0.2, 0.25) is 0 Å². The first-order chi connectivity index (χ1) is 13.0. The Hall–Kier alpha value is -2.70. The van der Waals surface area contributed by atoms with Gasteiger partial charge < -0.3 is 14.4 Å². The smallest absolute Gasteiger partial charge is 0.322 e. The molecule has 0 radical (unpaired) electrons. The van der Waals surface area contributed by atoms with E-state index in [4.69, 9.17) is 4.74 Å². The number of allylic oxidation sites excluding steroid dienone is 3. The van der Waals surface area contributed by atoms with Gasteiger partial charge in [0.25, 0.3) is 0 Å². The van der Waals surface area contributed by atoms with Gasteiger partial charge in [-0.05, 0) is 37.7 Å². The number of rotatable bonds is 5. The predicted molar refractivity (Wildman–Crippen MR) is 98.5 cm³/mol. The van der Waals surface area contributed by atoms with Crippen LogP contribution in [0.5, 0.6) is 0 Å². The molecule has 1 saturated carbocycles. The molecule has 1 aromatic rings. The molecule has 2 heterocycles. The zero-order valence-electron chi connectivity index (χ0n) is 15.2. The minimum absolute atomic E-state index is 0.0613. The van der Waals surface area contributed by atoms with Crippen LogP contribution in [0.2, 0.25) is 0 Å². The van der Waals surface area contributed by atoms with Crippen molar-refractivity contribution < 1.29 is 14.6 Å². The van der Waals surface area contributed by atoms with Crippen LogP contribution in [-0.4, -0.2) is 22.2 Å². The first-order valence-electron chi connectivity index (χ1n) is 9.41. The Balaban J connectivity index is 1.71. The number of aromatic nitrogens is 1. The third-order valence-corrected chi connectivity index (χ3v) is 5.73. The van der Waals surface area contributed by atoms with E-state index in [0.29, 0.717) is 24.7 Å². The minimum atomic E-state index is -1.05. The van der Waals surface area contributed by atoms with Crippen LogP contribution in [0, 0.1) is 10.8 Å². The van der Waals surface area contributed by atoms with Gasteiger partial charge in [-0.2, -0.15) is 0 Å². The number of aliphatic hydroxyl groups excluding tert-OH is 1. The van der Waals surface area contributed by atoms with Gasteiger partial charge in [-0.25, -0.2) is 0 Å². The summed E-state index contributed by atoms with van der Waals surface area (Å²) in [6.45, 7) is 2.67. The molecule has 1 amide bonds. The van der Waals surface area contributed by atoms with E-state index in [2.05, 4.69) is 5.18 Å². The van der Waals surface area contributed by atoms with Crippen molar-refractivity contribution in [2.45, 2.75) is 51.0 Å². The fraction of sp³-hybridized carbons (Fsp3) is 0.500. The van der Waals surface area contributed by atoms with Crippen LogP contribution in [0.15, 0.2) is 45.4 Å². The molecule has 1 N–H and O–H groups in total. The second-order valence-electron chi connectivity index (χ2n) is 7.59. The molecule has 142 valence electrons. The third kappa shape index (κ3) is 3.22. The van der Waals surface area contributed by atoms with Gasteiger partial charge in [-0.1, -0.05) is 12.5 Å². The van der Waals surface area contributed by atoms with Crippen LogP contribution >= 0.6 is 0 Å².